The summed E-state index contributed by atoms with van der Waals surface area (Å²) in [6, 6.07) is 0. The lowest BCUT2D eigenvalue weighted by Gasteiger charge is -1.89. The van der Waals surface area contributed by atoms with Crippen molar-refractivity contribution in [2.45, 2.75) is 0 Å². The molecule has 0 atom stereocenters. The average Bonchev–Trinajstić information content (AvgIpc) is 2.03. The predicted octanol–water partition coefficient (Wildman–Crippen LogP) is 0.356. The summed E-state index contributed by atoms with van der Waals surface area (Å²) < 4.78 is 4.12. The molecule has 0 rings (SSSR count). The van der Waals surface area contributed by atoms with Gasteiger partial charge in [0.25, 0.3) is 5.78 Å². The van der Waals surface area contributed by atoms with Crippen molar-refractivity contribution in [1.29, 1.82) is 0 Å². The van der Waals surface area contributed by atoms with Gasteiger partial charge in [0.15, 0.2) is 0 Å². The number of rotatable bonds is 3. The van der Waals surface area contributed by atoms with Gasteiger partial charge in [0.2, 0.25) is 0 Å². The summed E-state index contributed by atoms with van der Waals surface area (Å²) in [5.74, 6) is -1.68. The van der Waals surface area contributed by atoms with Crippen LogP contribution in [0.15, 0.2) is 24.5 Å². The third kappa shape index (κ3) is 3.91. The van der Waals surface area contributed by atoms with Crippen molar-refractivity contribution < 1.29 is 19.4 Å². The number of hydrogen-bond acceptors (Lipinski definition) is 4. The first-order valence-corrected chi connectivity index (χ1v) is 2.82. The molecule has 1 N–H and O–H groups in total. The summed E-state index contributed by atoms with van der Waals surface area (Å²) in [4.78, 5) is 21.0. The number of carbonyl (C=O) groups excluding carboxylic acids is 2. The van der Waals surface area contributed by atoms with E-state index in [1.165, 1.54) is 12.2 Å². The molecule has 0 unspecified atom stereocenters. The number of esters is 1. The second kappa shape index (κ2) is 5.22. The number of methoxy groups -OCH3 is 1. The fourth-order valence-corrected chi connectivity index (χ4v) is 0.361. The predicted molar refractivity (Wildman–Crippen MR) is 37.9 cm³/mol. The Morgan fingerprint density at radius 1 is 1.36 bits per heavy atom. The molecule has 0 saturated heterocycles. The molecule has 0 aromatic rings. The van der Waals surface area contributed by atoms with Crippen LogP contribution >= 0.6 is 0 Å². The minimum absolute atomic E-state index is 0.751. The van der Waals surface area contributed by atoms with E-state index in [0.29, 0.717) is 0 Å². The molecule has 0 aliphatic heterocycles. The second-order valence-corrected chi connectivity index (χ2v) is 1.56. The summed E-state index contributed by atoms with van der Waals surface area (Å²) in [7, 11) is 1.12. The average molecular weight is 156 g/mol. The van der Waals surface area contributed by atoms with Crippen LogP contribution in [0.1, 0.15) is 0 Å². The minimum atomic E-state index is -0.924. The summed E-state index contributed by atoms with van der Waals surface area (Å²) in [6.45, 7) is 0. The first kappa shape index (κ1) is 9.42. The molecular formula is C7H8O4. The zero-order valence-electron chi connectivity index (χ0n) is 5.98. The van der Waals surface area contributed by atoms with Gasteiger partial charge in [0.05, 0.1) is 13.4 Å². The van der Waals surface area contributed by atoms with E-state index >= 15 is 0 Å². The van der Waals surface area contributed by atoms with Crippen LogP contribution in [0.3, 0.4) is 0 Å². The SMILES string of the molecule is COC(=O)C(=O)C=CC=CO. The highest BCUT2D eigenvalue weighted by molar-refractivity contribution is 6.38. The Kier molecular flexibility index (Phi) is 4.47. The van der Waals surface area contributed by atoms with Gasteiger partial charge < -0.3 is 9.84 Å². The van der Waals surface area contributed by atoms with Gasteiger partial charge in [-0.3, -0.25) is 4.79 Å². The zero-order chi connectivity index (χ0) is 8.69. The molecule has 0 aliphatic carbocycles. The molecule has 0 aliphatic rings. The smallest absolute Gasteiger partial charge is 0.378 e. The molecule has 0 aromatic heterocycles. The molecule has 0 radical (unpaired) electrons. The number of hydrogen-bond donors (Lipinski definition) is 1. The summed E-state index contributed by atoms with van der Waals surface area (Å²) in [5, 5.41) is 8.12. The van der Waals surface area contributed by atoms with Crippen LogP contribution < -0.4 is 0 Å². The maximum absolute atomic E-state index is 10.6. The number of ether oxygens (including phenoxy) is 1. The quantitative estimate of drug-likeness (QED) is 0.210. The van der Waals surface area contributed by atoms with Crippen molar-refractivity contribution in [2.24, 2.45) is 0 Å². The number of aliphatic hydroxyl groups is 1. The van der Waals surface area contributed by atoms with E-state index in [1.54, 1.807) is 0 Å². The van der Waals surface area contributed by atoms with E-state index in [0.717, 1.165) is 19.4 Å². The van der Waals surface area contributed by atoms with E-state index in [-0.39, 0.29) is 0 Å². The monoisotopic (exact) mass is 156 g/mol. The van der Waals surface area contributed by atoms with Gasteiger partial charge in [-0.2, -0.15) is 0 Å². The summed E-state index contributed by atoms with van der Waals surface area (Å²) in [5.41, 5.74) is 0. The summed E-state index contributed by atoms with van der Waals surface area (Å²) in [6.07, 6.45) is 4.19. The lowest BCUT2D eigenvalue weighted by molar-refractivity contribution is -0.149. The molecule has 0 amide bonds. The fourth-order valence-electron chi connectivity index (χ4n) is 0.361. The Hall–Kier alpha value is -1.58. The molecule has 4 heteroatoms. The van der Waals surface area contributed by atoms with Crippen molar-refractivity contribution in [3.05, 3.63) is 24.5 Å². The topological polar surface area (TPSA) is 63.6 Å². The van der Waals surface area contributed by atoms with Gasteiger partial charge in [0, 0.05) is 0 Å². The molecule has 4 nitrogen and oxygen atoms in total. The van der Waals surface area contributed by atoms with E-state index in [9.17, 15) is 9.59 Å². The van der Waals surface area contributed by atoms with Gasteiger partial charge in [-0.25, -0.2) is 4.79 Å². The Labute approximate surface area is 63.8 Å². The lowest BCUT2D eigenvalue weighted by atomic mass is 10.3. The molecule has 60 valence electrons. The first-order chi connectivity index (χ1) is 5.22. The van der Waals surface area contributed by atoms with Crippen molar-refractivity contribution in [3.8, 4) is 0 Å². The second-order valence-electron chi connectivity index (χ2n) is 1.56. The summed E-state index contributed by atoms with van der Waals surface area (Å²) >= 11 is 0. The first-order valence-electron chi connectivity index (χ1n) is 2.82. The van der Waals surface area contributed by atoms with E-state index in [2.05, 4.69) is 4.74 Å². The van der Waals surface area contributed by atoms with Crippen LogP contribution in [0.2, 0.25) is 0 Å². The normalized spacial score (nSPS) is 10.6. The number of allylic oxidation sites excluding steroid dienone is 2. The molecule has 0 aromatic carbocycles. The standard InChI is InChI=1S/C7H8O4/c1-11-7(10)6(9)4-2-3-5-8/h2-5,8H,1H3. The van der Waals surface area contributed by atoms with Gasteiger partial charge in [-0.05, 0) is 12.2 Å². The number of carbonyl (C=O) groups is 2. The minimum Gasteiger partial charge on any atom is -0.516 e. The van der Waals surface area contributed by atoms with Crippen LogP contribution in [-0.2, 0) is 14.3 Å². The van der Waals surface area contributed by atoms with Gasteiger partial charge >= 0.3 is 5.97 Å². The van der Waals surface area contributed by atoms with E-state index < -0.39 is 11.8 Å². The van der Waals surface area contributed by atoms with Crippen molar-refractivity contribution in [2.75, 3.05) is 7.11 Å². The Morgan fingerprint density at radius 3 is 2.45 bits per heavy atom. The molecule has 0 saturated carbocycles. The maximum atomic E-state index is 10.6. The number of ketones is 1. The number of aliphatic hydroxyl groups excluding tert-OH is 1. The molecule has 0 bridgehead atoms. The third-order valence-corrected chi connectivity index (χ3v) is 0.831. The highest BCUT2D eigenvalue weighted by atomic mass is 16.5. The van der Waals surface area contributed by atoms with Crippen LogP contribution in [0.4, 0.5) is 0 Å². The van der Waals surface area contributed by atoms with Gasteiger partial charge in [-0.15, -0.1) is 0 Å². The van der Waals surface area contributed by atoms with Gasteiger partial charge in [0.1, 0.15) is 0 Å². The van der Waals surface area contributed by atoms with Crippen LogP contribution in [0.25, 0.3) is 0 Å². The van der Waals surface area contributed by atoms with Crippen LogP contribution in [0, 0.1) is 0 Å². The highest BCUT2D eigenvalue weighted by Crippen LogP contribution is 1.82. The van der Waals surface area contributed by atoms with Crippen LogP contribution in [-0.4, -0.2) is 24.0 Å². The van der Waals surface area contributed by atoms with E-state index in [4.69, 9.17) is 5.11 Å². The van der Waals surface area contributed by atoms with Gasteiger partial charge in [-0.1, -0.05) is 6.08 Å². The molecule has 0 heterocycles. The largest absolute Gasteiger partial charge is 0.516 e. The zero-order valence-corrected chi connectivity index (χ0v) is 5.98. The highest BCUT2D eigenvalue weighted by Gasteiger charge is 2.07. The third-order valence-electron chi connectivity index (χ3n) is 0.831. The molecule has 11 heavy (non-hydrogen) atoms. The lowest BCUT2D eigenvalue weighted by Crippen LogP contribution is -2.11. The Morgan fingerprint density at radius 2 is 2.00 bits per heavy atom. The maximum Gasteiger partial charge on any atom is 0.378 e. The van der Waals surface area contributed by atoms with Crippen molar-refractivity contribution >= 4 is 11.8 Å². The van der Waals surface area contributed by atoms with E-state index in [1.807, 2.05) is 0 Å². The Bertz CT molecular complexity index is 202. The molecule has 0 spiro atoms. The van der Waals surface area contributed by atoms with Crippen LogP contribution in [0.5, 0.6) is 0 Å². The molecular weight excluding hydrogens is 148 g/mol. The van der Waals surface area contributed by atoms with Crippen molar-refractivity contribution in [1.82, 2.24) is 0 Å². The molecule has 0 fully saturated rings. The fraction of sp³-hybridized carbons (Fsp3) is 0.143. The van der Waals surface area contributed by atoms with Crippen molar-refractivity contribution in [3.63, 3.8) is 0 Å². The Balaban J connectivity index is 3.97.